The number of ketones is 1. The molecule has 1 heterocycles. The molecular formula is C12H19N3OS. The zero-order valence-corrected chi connectivity index (χ0v) is 11.4. The fraction of sp³-hybridized carbons (Fsp3) is 0.667. The predicted octanol–water partition coefficient (Wildman–Crippen LogP) is 1.93. The lowest BCUT2D eigenvalue weighted by Gasteiger charge is -2.26. The van der Waals surface area contributed by atoms with E-state index in [0.29, 0.717) is 6.42 Å². The quantitative estimate of drug-likeness (QED) is 0.805. The second kappa shape index (κ2) is 4.74. The predicted molar refractivity (Wildman–Crippen MR) is 71.0 cm³/mol. The van der Waals surface area contributed by atoms with Gasteiger partial charge >= 0.3 is 0 Å². The zero-order chi connectivity index (χ0) is 12.5. The summed E-state index contributed by atoms with van der Waals surface area (Å²) in [6.45, 7) is 5.98. The van der Waals surface area contributed by atoms with Gasteiger partial charge in [0.25, 0.3) is 0 Å². The molecule has 1 aromatic rings. The van der Waals surface area contributed by atoms with Crippen molar-refractivity contribution in [3.05, 3.63) is 10.6 Å². The molecule has 17 heavy (non-hydrogen) atoms. The normalized spacial score (nSPS) is 17.9. The van der Waals surface area contributed by atoms with Crippen LogP contribution in [0.5, 0.6) is 0 Å². The Labute approximate surface area is 106 Å². The van der Waals surface area contributed by atoms with Crippen LogP contribution >= 0.6 is 11.3 Å². The summed E-state index contributed by atoms with van der Waals surface area (Å²) in [7, 11) is 1.92. The Morgan fingerprint density at radius 2 is 2.12 bits per heavy atom. The maximum absolute atomic E-state index is 12.0. The van der Waals surface area contributed by atoms with Crippen LogP contribution < -0.4 is 10.6 Å². The van der Waals surface area contributed by atoms with E-state index in [-0.39, 0.29) is 11.2 Å². The molecule has 2 N–H and O–H groups in total. The van der Waals surface area contributed by atoms with Crippen LogP contribution in [0.15, 0.2) is 0 Å². The van der Waals surface area contributed by atoms with Crippen LogP contribution in [0.3, 0.4) is 0 Å². The molecule has 94 valence electrons. The summed E-state index contributed by atoms with van der Waals surface area (Å²) in [5.74, 6) is 0.246. The van der Waals surface area contributed by atoms with Crippen molar-refractivity contribution in [3.63, 3.8) is 0 Å². The largest absolute Gasteiger partial charge is 0.360 e. The molecule has 0 aromatic carbocycles. The lowest BCUT2D eigenvalue weighted by molar-refractivity contribution is 0.0916. The summed E-state index contributed by atoms with van der Waals surface area (Å²) in [6, 6.07) is 0. The van der Waals surface area contributed by atoms with E-state index in [0.717, 1.165) is 35.2 Å². The third-order valence-electron chi connectivity index (χ3n) is 2.89. The van der Waals surface area contributed by atoms with Crippen molar-refractivity contribution < 1.29 is 4.79 Å². The number of carbonyl (C=O) groups is 1. The molecule has 0 saturated heterocycles. The summed E-state index contributed by atoms with van der Waals surface area (Å²) in [4.78, 5) is 17.4. The number of aromatic nitrogens is 1. The Balaban J connectivity index is 2.13. The smallest absolute Gasteiger partial charge is 0.183 e. The van der Waals surface area contributed by atoms with Gasteiger partial charge in [-0.05, 0) is 18.9 Å². The van der Waals surface area contributed by atoms with Gasteiger partial charge in [0.1, 0.15) is 0 Å². The van der Waals surface area contributed by atoms with Crippen LogP contribution in [-0.2, 0) is 6.42 Å². The first-order valence-corrected chi connectivity index (χ1v) is 6.75. The Bertz CT molecular complexity index is 425. The van der Waals surface area contributed by atoms with Crippen molar-refractivity contribution >= 4 is 22.3 Å². The van der Waals surface area contributed by atoms with Crippen molar-refractivity contribution in [3.8, 4) is 0 Å². The van der Waals surface area contributed by atoms with Crippen molar-refractivity contribution in [1.29, 1.82) is 0 Å². The van der Waals surface area contributed by atoms with Gasteiger partial charge in [-0.15, -0.1) is 0 Å². The molecule has 0 aliphatic heterocycles. The van der Waals surface area contributed by atoms with Crippen molar-refractivity contribution in [2.45, 2.75) is 26.7 Å². The molecule has 1 aromatic heterocycles. The first kappa shape index (κ1) is 12.5. The molecule has 4 nitrogen and oxygen atoms in total. The van der Waals surface area contributed by atoms with E-state index in [4.69, 9.17) is 0 Å². The van der Waals surface area contributed by atoms with Crippen LogP contribution in [-0.4, -0.2) is 30.9 Å². The Kier molecular flexibility index (Phi) is 3.49. The fourth-order valence-electron chi connectivity index (χ4n) is 2.09. The number of carbonyl (C=O) groups excluding carboxylic acids is 1. The maximum Gasteiger partial charge on any atom is 0.183 e. The Morgan fingerprint density at radius 3 is 2.82 bits per heavy atom. The summed E-state index contributed by atoms with van der Waals surface area (Å²) in [6.07, 6.45) is 1.54. The molecule has 0 bridgehead atoms. The summed E-state index contributed by atoms with van der Waals surface area (Å²) < 4.78 is 0. The van der Waals surface area contributed by atoms with Gasteiger partial charge in [-0.25, -0.2) is 4.98 Å². The van der Waals surface area contributed by atoms with E-state index in [1.54, 1.807) is 0 Å². The van der Waals surface area contributed by atoms with Crippen LogP contribution in [0, 0.1) is 5.41 Å². The average molecular weight is 253 g/mol. The highest BCUT2D eigenvalue weighted by Gasteiger charge is 2.33. The molecule has 5 heteroatoms. The van der Waals surface area contributed by atoms with E-state index in [1.165, 1.54) is 11.3 Å². The molecule has 0 fully saturated rings. The minimum absolute atomic E-state index is 0.0560. The number of hydrogen-bond donors (Lipinski definition) is 2. The third kappa shape index (κ3) is 2.84. The highest BCUT2D eigenvalue weighted by Crippen LogP contribution is 2.38. The number of likely N-dealkylation sites (N-methyl/N-ethyl adjacent to an activating group) is 1. The molecule has 0 atom stereocenters. The molecular weight excluding hydrogens is 234 g/mol. The van der Waals surface area contributed by atoms with Crippen LogP contribution in [0.2, 0.25) is 0 Å². The third-order valence-corrected chi connectivity index (χ3v) is 3.98. The number of anilines is 1. The maximum atomic E-state index is 12.0. The van der Waals surface area contributed by atoms with E-state index in [1.807, 2.05) is 7.05 Å². The van der Waals surface area contributed by atoms with Crippen LogP contribution in [0.25, 0.3) is 0 Å². The van der Waals surface area contributed by atoms with Gasteiger partial charge in [-0.3, -0.25) is 4.79 Å². The molecule has 1 aliphatic carbocycles. The van der Waals surface area contributed by atoms with Gasteiger partial charge in [-0.2, -0.15) is 0 Å². The molecule has 0 saturated carbocycles. The second-order valence-corrected chi connectivity index (χ2v) is 6.27. The van der Waals surface area contributed by atoms with E-state index in [2.05, 4.69) is 29.5 Å². The minimum Gasteiger partial charge on any atom is -0.360 e. The standard InChI is InChI=1S/C12H19N3OS/c1-12(2)6-8-10(9(16)7-12)17-11(15-8)14-5-4-13-3/h13H,4-7H2,1-3H3,(H,14,15). The monoisotopic (exact) mass is 253 g/mol. The first-order chi connectivity index (χ1) is 8.02. The van der Waals surface area contributed by atoms with E-state index >= 15 is 0 Å². The van der Waals surface area contributed by atoms with E-state index in [9.17, 15) is 4.79 Å². The molecule has 0 spiro atoms. The highest BCUT2D eigenvalue weighted by molar-refractivity contribution is 7.17. The molecule has 0 unspecified atom stereocenters. The summed E-state index contributed by atoms with van der Waals surface area (Å²) in [5, 5.41) is 7.18. The lowest BCUT2D eigenvalue weighted by atomic mass is 9.78. The highest BCUT2D eigenvalue weighted by atomic mass is 32.1. The topological polar surface area (TPSA) is 54.0 Å². The Hall–Kier alpha value is -0.940. The van der Waals surface area contributed by atoms with E-state index < -0.39 is 0 Å². The van der Waals surface area contributed by atoms with Gasteiger partial charge in [0, 0.05) is 19.5 Å². The zero-order valence-electron chi connectivity index (χ0n) is 10.6. The minimum atomic E-state index is 0.0560. The van der Waals surface area contributed by atoms with Crippen molar-refractivity contribution in [1.82, 2.24) is 10.3 Å². The fourth-order valence-corrected chi connectivity index (χ4v) is 3.04. The Morgan fingerprint density at radius 1 is 1.35 bits per heavy atom. The lowest BCUT2D eigenvalue weighted by Crippen LogP contribution is -2.26. The van der Waals surface area contributed by atoms with Crippen LogP contribution in [0.4, 0.5) is 5.13 Å². The average Bonchev–Trinajstić information content (AvgIpc) is 2.59. The number of nitrogens with zero attached hydrogens (tertiary/aromatic N) is 1. The van der Waals surface area contributed by atoms with Crippen molar-refractivity contribution in [2.24, 2.45) is 5.41 Å². The number of fused-ring (bicyclic) bond motifs is 1. The number of hydrogen-bond acceptors (Lipinski definition) is 5. The summed E-state index contributed by atoms with van der Waals surface area (Å²) in [5.41, 5.74) is 1.03. The van der Waals surface area contributed by atoms with Crippen molar-refractivity contribution in [2.75, 3.05) is 25.5 Å². The molecule has 0 radical (unpaired) electrons. The SMILES string of the molecule is CNCCNc1nc2c(s1)C(=O)CC(C)(C)C2. The number of nitrogens with one attached hydrogen (secondary N) is 2. The van der Waals surface area contributed by atoms with Gasteiger partial charge < -0.3 is 10.6 Å². The van der Waals surface area contributed by atoms with Gasteiger partial charge in [0.2, 0.25) is 0 Å². The van der Waals surface area contributed by atoms with Gasteiger partial charge in [0.15, 0.2) is 10.9 Å². The second-order valence-electron chi connectivity index (χ2n) is 5.27. The van der Waals surface area contributed by atoms with Crippen LogP contribution in [0.1, 0.15) is 35.6 Å². The molecule has 0 amide bonds. The number of Topliss-reactive ketones (excluding diaryl/α,β-unsaturated/α-hetero) is 1. The summed E-state index contributed by atoms with van der Waals surface area (Å²) >= 11 is 1.50. The van der Waals surface area contributed by atoms with Gasteiger partial charge in [0.05, 0.1) is 10.6 Å². The number of rotatable bonds is 4. The van der Waals surface area contributed by atoms with Gasteiger partial charge in [-0.1, -0.05) is 25.2 Å². The molecule has 2 rings (SSSR count). The molecule has 1 aliphatic rings. The first-order valence-electron chi connectivity index (χ1n) is 5.93. The number of thiazole rings is 1.